The van der Waals surface area contributed by atoms with Gasteiger partial charge < -0.3 is 10.1 Å². The Labute approximate surface area is 174 Å². The van der Waals surface area contributed by atoms with Gasteiger partial charge in [-0.1, -0.05) is 17.7 Å². The van der Waals surface area contributed by atoms with Crippen LogP contribution >= 0.6 is 27.5 Å². The minimum atomic E-state index is -0.232. The molecule has 4 aromatic rings. The molecule has 0 aliphatic carbocycles. The molecular formula is C20H14BrClN4O2. The number of carbonyl (C=O) groups excluding carboxylic acids is 1. The SMILES string of the molecule is COc1ccc(C(=O)Nc2ccc3nn(-c4cccc(Cl)c4)nc3c2)cc1Br. The number of aromatic nitrogens is 3. The molecule has 6 nitrogen and oxygen atoms in total. The van der Waals surface area contributed by atoms with Gasteiger partial charge in [-0.15, -0.1) is 10.2 Å². The zero-order valence-corrected chi connectivity index (χ0v) is 17.0. The van der Waals surface area contributed by atoms with Crippen LogP contribution in [0.5, 0.6) is 5.75 Å². The maximum Gasteiger partial charge on any atom is 0.255 e. The summed E-state index contributed by atoms with van der Waals surface area (Å²) in [7, 11) is 1.58. The molecule has 0 saturated carbocycles. The Morgan fingerprint density at radius 3 is 2.64 bits per heavy atom. The maximum absolute atomic E-state index is 12.5. The minimum absolute atomic E-state index is 0.232. The lowest BCUT2D eigenvalue weighted by Crippen LogP contribution is -2.11. The Kier molecular flexibility index (Phi) is 5.02. The number of amides is 1. The highest BCUT2D eigenvalue weighted by atomic mass is 79.9. The molecule has 0 fully saturated rings. The average Bonchev–Trinajstić information content (AvgIpc) is 3.11. The van der Waals surface area contributed by atoms with Crippen LogP contribution in [0.2, 0.25) is 5.02 Å². The zero-order chi connectivity index (χ0) is 19.7. The van der Waals surface area contributed by atoms with Crippen LogP contribution in [-0.2, 0) is 0 Å². The van der Waals surface area contributed by atoms with Gasteiger partial charge in [0, 0.05) is 16.3 Å². The largest absolute Gasteiger partial charge is 0.496 e. The van der Waals surface area contributed by atoms with Gasteiger partial charge in [0.15, 0.2) is 0 Å². The summed E-state index contributed by atoms with van der Waals surface area (Å²) in [6.07, 6.45) is 0. The van der Waals surface area contributed by atoms with E-state index in [9.17, 15) is 4.79 Å². The van der Waals surface area contributed by atoms with Crippen LogP contribution < -0.4 is 10.1 Å². The molecule has 1 N–H and O–H groups in total. The molecular weight excluding hydrogens is 444 g/mol. The van der Waals surface area contributed by atoms with Gasteiger partial charge in [-0.3, -0.25) is 4.79 Å². The molecule has 0 aliphatic heterocycles. The van der Waals surface area contributed by atoms with Gasteiger partial charge in [-0.2, -0.15) is 4.80 Å². The van der Waals surface area contributed by atoms with Crippen LogP contribution in [0, 0.1) is 0 Å². The summed E-state index contributed by atoms with van der Waals surface area (Å²) in [5.74, 6) is 0.431. The second-order valence-electron chi connectivity index (χ2n) is 5.98. The number of nitrogens with zero attached hydrogens (tertiary/aromatic N) is 3. The molecule has 0 radical (unpaired) electrons. The van der Waals surface area contributed by atoms with Gasteiger partial charge in [0.25, 0.3) is 5.91 Å². The van der Waals surface area contributed by atoms with Crippen molar-refractivity contribution >= 4 is 50.2 Å². The smallest absolute Gasteiger partial charge is 0.255 e. The third kappa shape index (κ3) is 3.72. The second-order valence-corrected chi connectivity index (χ2v) is 7.27. The topological polar surface area (TPSA) is 69.0 Å². The standard InChI is InChI=1S/C20H14BrClN4O2/c1-28-19-8-5-12(9-16(19)21)20(27)23-14-6-7-17-18(11-14)25-26(24-17)15-4-2-3-13(22)10-15/h2-11H,1H3,(H,23,27). The van der Waals surface area contributed by atoms with Gasteiger partial charge in [0.2, 0.25) is 0 Å². The molecule has 1 aromatic heterocycles. The van der Waals surface area contributed by atoms with Crippen molar-refractivity contribution in [3.8, 4) is 11.4 Å². The molecule has 0 atom stereocenters. The molecule has 0 bridgehead atoms. The number of rotatable bonds is 4. The molecule has 28 heavy (non-hydrogen) atoms. The number of hydrogen-bond donors (Lipinski definition) is 1. The number of anilines is 1. The molecule has 0 aliphatic rings. The first-order valence-electron chi connectivity index (χ1n) is 8.31. The van der Waals surface area contributed by atoms with E-state index in [-0.39, 0.29) is 5.91 Å². The molecule has 8 heteroatoms. The lowest BCUT2D eigenvalue weighted by molar-refractivity contribution is 0.102. The molecule has 0 spiro atoms. The monoisotopic (exact) mass is 456 g/mol. The minimum Gasteiger partial charge on any atom is -0.496 e. The predicted molar refractivity (Wildman–Crippen MR) is 113 cm³/mol. The summed E-state index contributed by atoms with van der Waals surface area (Å²) in [6, 6.07) is 17.8. The quantitative estimate of drug-likeness (QED) is 0.463. The molecule has 140 valence electrons. The summed E-state index contributed by atoms with van der Waals surface area (Å²) < 4.78 is 5.90. The Bertz CT molecular complexity index is 1190. The van der Waals surface area contributed by atoms with Crippen molar-refractivity contribution in [1.29, 1.82) is 0 Å². The maximum atomic E-state index is 12.5. The number of hydrogen-bond acceptors (Lipinski definition) is 4. The van der Waals surface area contributed by atoms with E-state index >= 15 is 0 Å². The first-order chi connectivity index (χ1) is 13.5. The fraction of sp³-hybridized carbons (Fsp3) is 0.0500. The van der Waals surface area contributed by atoms with Gasteiger partial charge in [-0.05, 0) is 70.5 Å². The van der Waals surface area contributed by atoms with Crippen LogP contribution in [0.25, 0.3) is 16.7 Å². The van der Waals surface area contributed by atoms with Crippen molar-refractivity contribution in [2.75, 3.05) is 12.4 Å². The van der Waals surface area contributed by atoms with E-state index in [0.717, 1.165) is 5.69 Å². The molecule has 4 rings (SSSR count). The van der Waals surface area contributed by atoms with Crippen LogP contribution in [0.1, 0.15) is 10.4 Å². The fourth-order valence-corrected chi connectivity index (χ4v) is 3.44. The highest BCUT2D eigenvalue weighted by molar-refractivity contribution is 9.10. The zero-order valence-electron chi connectivity index (χ0n) is 14.7. The summed E-state index contributed by atoms with van der Waals surface area (Å²) >= 11 is 9.42. The number of ether oxygens (including phenoxy) is 1. The van der Waals surface area contributed by atoms with E-state index < -0.39 is 0 Å². The van der Waals surface area contributed by atoms with Crippen molar-refractivity contribution < 1.29 is 9.53 Å². The van der Waals surface area contributed by atoms with Crippen molar-refractivity contribution in [1.82, 2.24) is 15.0 Å². The first-order valence-corrected chi connectivity index (χ1v) is 9.48. The van der Waals surface area contributed by atoms with Crippen LogP contribution in [0.4, 0.5) is 5.69 Å². The van der Waals surface area contributed by atoms with E-state index in [4.69, 9.17) is 16.3 Å². The van der Waals surface area contributed by atoms with Crippen molar-refractivity contribution in [3.63, 3.8) is 0 Å². The Hall–Kier alpha value is -2.90. The normalized spacial score (nSPS) is 10.8. The number of halogens is 2. The van der Waals surface area contributed by atoms with Crippen molar-refractivity contribution in [3.05, 3.63) is 75.7 Å². The molecule has 1 heterocycles. The summed E-state index contributed by atoms with van der Waals surface area (Å²) in [5.41, 5.74) is 3.27. The van der Waals surface area contributed by atoms with Crippen molar-refractivity contribution in [2.45, 2.75) is 0 Å². The van der Waals surface area contributed by atoms with Crippen LogP contribution in [0.3, 0.4) is 0 Å². The number of fused-ring (bicyclic) bond motifs is 1. The number of benzene rings is 3. The summed E-state index contributed by atoms with van der Waals surface area (Å²) in [6.45, 7) is 0. The van der Waals surface area contributed by atoms with E-state index in [0.29, 0.717) is 37.5 Å². The second kappa shape index (κ2) is 7.61. The third-order valence-corrected chi connectivity index (χ3v) is 4.95. The van der Waals surface area contributed by atoms with E-state index in [1.54, 1.807) is 49.6 Å². The van der Waals surface area contributed by atoms with Gasteiger partial charge in [-0.25, -0.2) is 0 Å². The Morgan fingerprint density at radius 2 is 1.89 bits per heavy atom. The highest BCUT2D eigenvalue weighted by Crippen LogP contribution is 2.26. The molecule has 0 unspecified atom stereocenters. The highest BCUT2D eigenvalue weighted by Gasteiger charge is 2.11. The number of nitrogens with one attached hydrogen (secondary N) is 1. The van der Waals surface area contributed by atoms with Crippen LogP contribution in [-0.4, -0.2) is 28.0 Å². The Balaban J connectivity index is 1.59. The van der Waals surface area contributed by atoms with E-state index in [1.165, 1.54) is 4.80 Å². The average molecular weight is 458 g/mol. The Morgan fingerprint density at radius 1 is 1.07 bits per heavy atom. The predicted octanol–water partition coefficient (Wildman–Crippen LogP) is 5.10. The lowest BCUT2D eigenvalue weighted by Gasteiger charge is -2.07. The van der Waals surface area contributed by atoms with E-state index in [1.807, 2.05) is 18.2 Å². The molecule has 1 amide bonds. The first kappa shape index (κ1) is 18.5. The number of carbonyl (C=O) groups is 1. The summed E-state index contributed by atoms with van der Waals surface area (Å²) in [5, 5.41) is 12.4. The molecule has 0 saturated heterocycles. The van der Waals surface area contributed by atoms with Gasteiger partial charge in [0.05, 0.1) is 17.3 Å². The lowest BCUT2D eigenvalue weighted by atomic mass is 10.2. The van der Waals surface area contributed by atoms with Crippen LogP contribution in [0.15, 0.2) is 65.1 Å². The van der Waals surface area contributed by atoms with E-state index in [2.05, 4.69) is 31.4 Å². The number of methoxy groups -OCH3 is 1. The van der Waals surface area contributed by atoms with Gasteiger partial charge in [0.1, 0.15) is 16.8 Å². The van der Waals surface area contributed by atoms with Crippen molar-refractivity contribution in [2.24, 2.45) is 0 Å². The summed E-state index contributed by atoms with van der Waals surface area (Å²) in [4.78, 5) is 14.1. The molecule has 3 aromatic carbocycles. The fourth-order valence-electron chi connectivity index (χ4n) is 2.72. The third-order valence-electron chi connectivity index (χ3n) is 4.09. The van der Waals surface area contributed by atoms with Gasteiger partial charge >= 0.3 is 0 Å².